The number of aromatic nitrogens is 2. The highest BCUT2D eigenvalue weighted by molar-refractivity contribution is 6.34. The highest BCUT2D eigenvalue weighted by Gasteiger charge is 2.05. The average molecular weight is 448 g/mol. The van der Waals surface area contributed by atoms with E-state index in [1.807, 2.05) is 5.43 Å². The predicted molar refractivity (Wildman–Crippen MR) is 113 cm³/mol. The zero-order valence-corrected chi connectivity index (χ0v) is 16.5. The van der Waals surface area contributed by atoms with Crippen molar-refractivity contribution in [3.8, 4) is 0 Å². The maximum absolute atomic E-state index is 11.3. The number of hydrazone groups is 1. The van der Waals surface area contributed by atoms with Gasteiger partial charge in [0.25, 0.3) is 11.8 Å². The van der Waals surface area contributed by atoms with Crippen LogP contribution in [-0.4, -0.2) is 55.4 Å². The molecule has 2 amide bonds. The summed E-state index contributed by atoms with van der Waals surface area (Å²) in [6.45, 7) is 2.29. The fraction of sp³-hybridized carbons (Fsp3) is 0.158. The molecule has 0 saturated heterocycles. The van der Waals surface area contributed by atoms with Crippen LogP contribution in [0.1, 0.15) is 42.0 Å². The van der Waals surface area contributed by atoms with E-state index in [1.54, 1.807) is 12.1 Å². The van der Waals surface area contributed by atoms with Crippen molar-refractivity contribution in [3.05, 3.63) is 60.2 Å². The lowest BCUT2D eigenvalue weighted by molar-refractivity contribution is -0.148. The Balaban J connectivity index is 0. The molecule has 0 unspecified atom stereocenters. The molecule has 0 spiro atoms. The van der Waals surface area contributed by atoms with Crippen LogP contribution < -0.4 is 16.7 Å². The Morgan fingerprint density at radius 3 is 1.50 bits per heavy atom. The fourth-order valence-corrected chi connectivity index (χ4v) is 1.34. The second kappa shape index (κ2) is 16.3. The van der Waals surface area contributed by atoms with Gasteiger partial charge >= 0.3 is 11.9 Å². The van der Waals surface area contributed by atoms with Crippen LogP contribution in [0.3, 0.4) is 0 Å². The molecule has 13 nitrogen and oxygen atoms in total. The van der Waals surface area contributed by atoms with Crippen molar-refractivity contribution in [1.29, 1.82) is 0 Å². The van der Waals surface area contributed by atoms with Crippen LogP contribution >= 0.6 is 0 Å². The molecule has 2 aromatic rings. The fourth-order valence-electron chi connectivity index (χ4n) is 1.34. The van der Waals surface area contributed by atoms with Gasteiger partial charge in [-0.25, -0.2) is 20.9 Å². The monoisotopic (exact) mass is 448 g/mol. The molecule has 0 bridgehead atoms. The van der Waals surface area contributed by atoms with Gasteiger partial charge in [0.2, 0.25) is 5.78 Å². The molecule has 0 saturated carbocycles. The summed E-state index contributed by atoms with van der Waals surface area (Å²) in [5.74, 6) is 0.727. The van der Waals surface area contributed by atoms with E-state index >= 15 is 0 Å². The number of carbonyl (C=O) groups is 5. The smallest absolute Gasteiger partial charge is 0.371 e. The van der Waals surface area contributed by atoms with Gasteiger partial charge in [-0.05, 0) is 31.2 Å². The molecule has 32 heavy (non-hydrogen) atoms. The first-order valence-electron chi connectivity index (χ1n) is 8.22. The third kappa shape index (κ3) is 12.8. The van der Waals surface area contributed by atoms with Crippen molar-refractivity contribution in [3.63, 3.8) is 0 Å². The number of nitrogen functional groups attached to an aromatic ring is 1. The van der Waals surface area contributed by atoms with E-state index in [1.165, 1.54) is 43.8 Å². The van der Waals surface area contributed by atoms with Gasteiger partial charge in [0, 0.05) is 42.8 Å². The summed E-state index contributed by atoms with van der Waals surface area (Å²) in [5, 5.41) is 19.5. The summed E-state index contributed by atoms with van der Waals surface area (Å²) in [6.07, 6.45) is 5.99. The van der Waals surface area contributed by atoms with Crippen LogP contribution in [0.15, 0.2) is 54.2 Å². The van der Waals surface area contributed by atoms with Gasteiger partial charge in [-0.15, -0.1) is 0 Å². The Morgan fingerprint density at radius 2 is 1.19 bits per heavy atom. The molecule has 0 aliphatic rings. The first-order valence-corrected chi connectivity index (χ1v) is 8.22. The van der Waals surface area contributed by atoms with E-state index in [0.717, 1.165) is 6.92 Å². The summed E-state index contributed by atoms with van der Waals surface area (Å²) in [6, 6.07) is 6.17. The molecule has 0 fully saturated rings. The van der Waals surface area contributed by atoms with Crippen LogP contribution in [0, 0.1) is 0 Å². The molecular formula is C19H24N6O7. The molecule has 0 aliphatic heterocycles. The number of aliphatic carboxylic acids is 2. The number of carboxylic acid groups (broad SMARTS) is 2. The molecule has 0 atom stereocenters. The zero-order chi connectivity index (χ0) is 23.8. The number of carbonyl (C=O) groups excluding carboxylic acids is 3. The molecule has 172 valence electrons. The van der Waals surface area contributed by atoms with Crippen molar-refractivity contribution < 1.29 is 34.2 Å². The Hall–Kier alpha value is -4.52. The maximum atomic E-state index is 11.3. The maximum Gasteiger partial charge on any atom is 0.371 e. The van der Waals surface area contributed by atoms with E-state index in [4.69, 9.17) is 16.1 Å². The average Bonchev–Trinajstić information content (AvgIpc) is 2.78. The second-order valence-electron chi connectivity index (χ2n) is 5.25. The minimum absolute atomic E-state index is 0. The van der Waals surface area contributed by atoms with Gasteiger partial charge in [-0.3, -0.25) is 29.8 Å². The zero-order valence-electron chi connectivity index (χ0n) is 16.5. The molecule has 13 heteroatoms. The number of hydrogen-bond donors (Lipinski definition) is 5. The van der Waals surface area contributed by atoms with E-state index in [-0.39, 0.29) is 19.0 Å². The number of hydrogen-bond acceptors (Lipinski definition) is 9. The first kappa shape index (κ1) is 29.7. The standard InChI is InChI=1S/C9H9N3O3.C6H7N3O.C3H4O3.CH4/c1-6(9(14)15)11-12-8(13)7-2-4-10-5-3-7;7-9-6(10)5-1-3-8-4-2-5;1-2(4)3(5)6;/h2-5H,1H3,(H,12,13)(H,14,15);1-4H,7H2,(H,9,10);1H3,(H,5,6);1H4. The molecule has 0 aliphatic carbocycles. The van der Waals surface area contributed by atoms with Crippen molar-refractivity contribution in [2.45, 2.75) is 21.3 Å². The Labute approximate surface area is 183 Å². The van der Waals surface area contributed by atoms with Crippen molar-refractivity contribution in [2.75, 3.05) is 0 Å². The number of pyridine rings is 2. The van der Waals surface area contributed by atoms with Gasteiger partial charge in [0.1, 0.15) is 5.71 Å². The van der Waals surface area contributed by atoms with E-state index in [9.17, 15) is 24.0 Å². The van der Waals surface area contributed by atoms with Crippen LogP contribution in [0.5, 0.6) is 0 Å². The van der Waals surface area contributed by atoms with Gasteiger partial charge in [-0.1, -0.05) is 7.43 Å². The molecular weight excluding hydrogens is 424 g/mol. The third-order valence-corrected chi connectivity index (χ3v) is 2.95. The largest absolute Gasteiger partial charge is 0.477 e. The Kier molecular flexibility index (Phi) is 15.1. The lowest BCUT2D eigenvalue weighted by atomic mass is 10.3. The molecule has 2 heterocycles. The Morgan fingerprint density at radius 1 is 0.812 bits per heavy atom. The van der Waals surface area contributed by atoms with Crippen LogP contribution in [0.2, 0.25) is 0 Å². The SMILES string of the molecule is C.CC(=NNC(=O)c1ccncc1)C(=O)O.CC(=O)C(=O)O.NNC(=O)c1ccncc1. The van der Waals surface area contributed by atoms with Gasteiger partial charge < -0.3 is 10.2 Å². The first-order chi connectivity index (χ1) is 14.6. The lowest BCUT2D eigenvalue weighted by Gasteiger charge is -1.99. The van der Waals surface area contributed by atoms with Crippen LogP contribution in [-0.2, 0) is 14.4 Å². The summed E-state index contributed by atoms with van der Waals surface area (Å²) in [7, 11) is 0. The number of nitrogens with one attached hydrogen (secondary N) is 2. The highest BCUT2D eigenvalue weighted by Crippen LogP contribution is 1.95. The quantitative estimate of drug-likeness (QED) is 0.138. The number of amides is 2. The predicted octanol–water partition coefficient (Wildman–Crippen LogP) is 0.253. The molecule has 2 rings (SSSR count). The van der Waals surface area contributed by atoms with Crippen molar-refractivity contribution in [1.82, 2.24) is 20.8 Å². The summed E-state index contributed by atoms with van der Waals surface area (Å²) >= 11 is 0. The number of rotatable bonds is 5. The molecule has 6 N–H and O–H groups in total. The highest BCUT2D eigenvalue weighted by atomic mass is 16.4. The number of hydrazine groups is 1. The van der Waals surface area contributed by atoms with Gasteiger partial charge in [-0.2, -0.15) is 5.10 Å². The van der Waals surface area contributed by atoms with Crippen LogP contribution in [0.25, 0.3) is 0 Å². The third-order valence-electron chi connectivity index (χ3n) is 2.95. The van der Waals surface area contributed by atoms with Crippen LogP contribution in [0.4, 0.5) is 0 Å². The summed E-state index contributed by atoms with van der Waals surface area (Å²) in [4.78, 5) is 58.8. The second-order valence-corrected chi connectivity index (χ2v) is 5.25. The Bertz CT molecular complexity index is 922. The minimum atomic E-state index is -1.38. The topological polar surface area (TPSA) is 214 Å². The summed E-state index contributed by atoms with van der Waals surface area (Å²) in [5.41, 5.74) is 4.83. The normalized spacial score (nSPS) is 9.28. The van der Waals surface area contributed by atoms with E-state index in [2.05, 4.69) is 20.5 Å². The van der Waals surface area contributed by atoms with Crippen molar-refractivity contribution >= 4 is 35.2 Å². The molecule has 0 radical (unpaired) electrons. The number of Topliss-reactive ketones (excluding diaryl/α,β-unsaturated/α-hetero) is 1. The number of ketones is 1. The van der Waals surface area contributed by atoms with E-state index in [0.29, 0.717) is 11.1 Å². The molecule has 2 aromatic heterocycles. The van der Waals surface area contributed by atoms with Crippen molar-refractivity contribution in [2.24, 2.45) is 10.9 Å². The number of nitrogens with zero attached hydrogens (tertiary/aromatic N) is 3. The lowest BCUT2D eigenvalue weighted by Crippen LogP contribution is -2.29. The van der Waals surface area contributed by atoms with E-state index < -0.39 is 23.6 Å². The minimum Gasteiger partial charge on any atom is -0.477 e. The number of nitrogens with two attached hydrogens (primary N) is 1. The van der Waals surface area contributed by atoms with Gasteiger partial charge in [0.15, 0.2) is 0 Å². The number of carboxylic acids is 2. The molecule has 0 aromatic carbocycles. The summed E-state index contributed by atoms with van der Waals surface area (Å²) < 4.78 is 0. The van der Waals surface area contributed by atoms with Gasteiger partial charge in [0.05, 0.1) is 0 Å².